The van der Waals surface area contributed by atoms with Gasteiger partial charge < -0.3 is 18.6 Å². The lowest BCUT2D eigenvalue weighted by atomic mass is 10.0. The van der Waals surface area contributed by atoms with Crippen molar-refractivity contribution in [3.63, 3.8) is 0 Å². The van der Waals surface area contributed by atoms with Gasteiger partial charge in [-0.2, -0.15) is 0 Å². The summed E-state index contributed by atoms with van der Waals surface area (Å²) in [6, 6.07) is 29.3. The van der Waals surface area contributed by atoms with E-state index in [4.69, 9.17) is 18.6 Å². The van der Waals surface area contributed by atoms with Gasteiger partial charge in [-0.05, 0) is 45.4 Å². The maximum Gasteiger partial charge on any atom is 0.302 e. The van der Waals surface area contributed by atoms with E-state index in [-0.39, 0.29) is 29.6 Å². The second-order valence-corrected chi connectivity index (χ2v) is 15.5. The molecular weight excluding hydrogens is 516 g/mol. The molecule has 0 aromatic heterocycles. The number of rotatable bonds is 14. The summed E-state index contributed by atoms with van der Waals surface area (Å²) in [5, 5.41) is 2.37. The van der Waals surface area contributed by atoms with E-state index in [1.54, 1.807) is 7.11 Å². The van der Waals surface area contributed by atoms with Crippen LogP contribution in [0.25, 0.3) is 0 Å². The molecule has 3 rings (SSSR count). The van der Waals surface area contributed by atoms with Crippen LogP contribution in [0.2, 0.25) is 5.04 Å². The van der Waals surface area contributed by atoms with Gasteiger partial charge in [0, 0.05) is 6.92 Å². The molecule has 0 saturated carbocycles. The van der Waals surface area contributed by atoms with Crippen molar-refractivity contribution in [2.45, 2.75) is 58.8 Å². The van der Waals surface area contributed by atoms with Gasteiger partial charge in [-0.1, -0.05) is 113 Å². The van der Waals surface area contributed by atoms with Crippen molar-refractivity contribution in [1.29, 1.82) is 0 Å². The summed E-state index contributed by atoms with van der Waals surface area (Å²) in [7, 11) is -1.04. The normalized spacial score (nSPS) is 13.7. The van der Waals surface area contributed by atoms with Crippen molar-refractivity contribution in [2.24, 2.45) is 5.92 Å². The van der Waals surface area contributed by atoms with Crippen molar-refractivity contribution in [3.8, 4) is 5.75 Å². The van der Waals surface area contributed by atoms with Gasteiger partial charge in [-0.3, -0.25) is 4.79 Å². The highest BCUT2D eigenvalue weighted by Gasteiger charge is 2.50. The zero-order valence-corrected chi connectivity index (χ0v) is 25.8. The Bertz CT molecular complexity index is 1150. The van der Waals surface area contributed by atoms with E-state index in [9.17, 15) is 4.79 Å². The number of allylic oxidation sites excluding steroid dienone is 1. The van der Waals surface area contributed by atoms with Crippen molar-refractivity contribution >= 4 is 24.7 Å². The van der Waals surface area contributed by atoms with Crippen molar-refractivity contribution in [2.75, 3.05) is 20.3 Å². The molecule has 0 bridgehead atoms. The summed E-state index contributed by atoms with van der Waals surface area (Å²) < 4.78 is 24.2. The summed E-state index contributed by atoms with van der Waals surface area (Å²) >= 11 is 0. The number of esters is 1. The molecule has 2 atom stereocenters. The average Bonchev–Trinajstić information content (AvgIpc) is 2.95. The van der Waals surface area contributed by atoms with E-state index < -0.39 is 8.32 Å². The number of benzene rings is 3. The maximum atomic E-state index is 11.1. The average molecular weight is 561 g/mol. The van der Waals surface area contributed by atoms with E-state index in [1.807, 2.05) is 30.3 Å². The van der Waals surface area contributed by atoms with Crippen LogP contribution < -0.4 is 15.1 Å². The Kier molecular flexibility index (Phi) is 11.7. The Morgan fingerprint density at radius 1 is 0.875 bits per heavy atom. The number of carbonyl (C=O) groups excluding carboxylic acids is 1. The quantitative estimate of drug-likeness (QED) is 0.132. The zero-order valence-electron chi connectivity index (χ0n) is 24.8. The largest absolute Gasteiger partial charge is 0.497 e. The summed E-state index contributed by atoms with van der Waals surface area (Å²) in [5.41, 5.74) is 1.08. The molecule has 0 fully saturated rings. The van der Waals surface area contributed by atoms with E-state index in [0.717, 1.165) is 17.7 Å². The molecule has 0 saturated heterocycles. The minimum absolute atomic E-state index is 0.122. The number of hydrogen-bond acceptors (Lipinski definition) is 5. The van der Waals surface area contributed by atoms with Crippen LogP contribution in [0.1, 0.15) is 46.6 Å². The van der Waals surface area contributed by atoms with E-state index >= 15 is 0 Å². The first-order chi connectivity index (χ1) is 19.2. The van der Waals surface area contributed by atoms with Crippen LogP contribution in [0.15, 0.2) is 97.1 Å². The molecule has 6 heteroatoms. The van der Waals surface area contributed by atoms with Gasteiger partial charge in [0.2, 0.25) is 0 Å². The highest BCUT2D eigenvalue weighted by molar-refractivity contribution is 6.99. The Hall–Kier alpha value is -3.19. The van der Waals surface area contributed by atoms with Crippen molar-refractivity contribution < 1.29 is 23.4 Å². The molecule has 40 heavy (non-hydrogen) atoms. The van der Waals surface area contributed by atoms with Gasteiger partial charge in [-0.25, -0.2) is 0 Å². The number of hydrogen-bond donors (Lipinski definition) is 0. The first-order valence-electron chi connectivity index (χ1n) is 13.9. The predicted molar refractivity (Wildman–Crippen MR) is 165 cm³/mol. The van der Waals surface area contributed by atoms with Crippen LogP contribution in [0.4, 0.5) is 0 Å². The third-order valence-corrected chi connectivity index (χ3v) is 12.2. The van der Waals surface area contributed by atoms with E-state index in [1.165, 1.54) is 17.3 Å². The van der Waals surface area contributed by atoms with Crippen molar-refractivity contribution in [1.82, 2.24) is 0 Å². The Morgan fingerprint density at radius 2 is 1.45 bits per heavy atom. The molecule has 0 N–H and O–H groups in total. The smallest absolute Gasteiger partial charge is 0.302 e. The van der Waals surface area contributed by atoms with Gasteiger partial charge in [0.15, 0.2) is 0 Å². The van der Waals surface area contributed by atoms with Crippen LogP contribution in [0.3, 0.4) is 0 Å². The van der Waals surface area contributed by atoms with Crippen LogP contribution in [0, 0.1) is 5.92 Å². The van der Waals surface area contributed by atoms with E-state index in [2.05, 4.69) is 94.4 Å². The minimum atomic E-state index is -2.71. The Morgan fingerprint density at radius 3 is 1.95 bits per heavy atom. The topological polar surface area (TPSA) is 54.0 Å². The molecule has 3 aromatic carbocycles. The summed E-state index contributed by atoms with van der Waals surface area (Å²) in [6.45, 7) is 11.7. The highest BCUT2D eigenvalue weighted by atomic mass is 28.4. The predicted octanol–water partition coefficient (Wildman–Crippen LogP) is 6.30. The molecule has 3 aromatic rings. The fourth-order valence-corrected chi connectivity index (χ4v) is 9.54. The zero-order chi connectivity index (χ0) is 29.0. The second kappa shape index (κ2) is 15.0. The van der Waals surface area contributed by atoms with Gasteiger partial charge in [0.1, 0.15) is 12.4 Å². The third-order valence-electron chi connectivity index (χ3n) is 7.20. The molecule has 0 amide bonds. The monoisotopic (exact) mass is 560 g/mol. The lowest BCUT2D eigenvalue weighted by molar-refractivity contribution is -0.139. The third kappa shape index (κ3) is 8.40. The molecule has 0 unspecified atom stereocenters. The minimum Gasteiger partial charge on any atom is -0.497 e. The number of carbonyl (C=O) groups is 1. The summed E-state index contributed by atoms with van der Waals surface area (Å²) in [5.74, 6) is 0.712. The van der Waals surface area contributed by atoms with Gasteiger partial charge in [0.05, 0.1) is 26.4 Å². The molecule has 0 aliphatic heterocycles. The first kappa shape index (κ1) is 31.3. The maximum absolute atomic E-state index is 11.1. The molecule has 5 nitrogen and oxygen atoms in total. The fourth-order valence-electron chi connectivity index (χ4n) is 4.97. The second-order valence-electron chi connectivity index (χ2n) is 11.2. The van der Waals surface area contributed by atoms with E-state index in [0.29, 0.717) is 13.2 Å². The first-order valence-corrected chi connectivity index (χ1v) is 15.9. The van der Waals surface area contributed by atoms with Crippen molar-refractivity contribution in [3.05, 3.63) is 103 Å². The molecule has 0 radical (unpaired) electrons. The lowest BCUT2D eigenvalue weighted by Crippen LogP contribution is -2.67. The van der Waals surface area contributed by atoms with Crippen LogP contribution in [-0.2, 0) is 25.3 Å². The summed E-state index contributed by atoms with van der Waals surface area (Å²) in [4.78, 5) is 11.1. The Labute approximate surface area is 241 Å². The van der Waals surface area contributed by atoms with Gasteiger partial charge in [0.25, 0.3) is 8.32 Å². The Balaban J connectivity index is 1.89. The lowest BCUT2D eigenvalue weighted by Gasteiger charge is -2.44. The molecular formula is C34H44O5Si. The molecule has 0 aliphatic carbocycles. The molecule has 214 valence electrons. The van der Waals surface area contributed by atoms with Crippen LogP contribution in [-0.4, -0.2) is 40.7 Å². The highest BCUT2D eigenvalue weighted by Crippen LogP contribution is 2.37. The van der Waals surface area contributed by atoms with Crippen LogP contribution in [0.5, 0.6) is 5.75 Å². The number of methoxy groups -OCH3 is 1. The SMILES string of the molecule is COc1ccc(CO[C@@H](CO[Si](c2ccccc2)(c2ccccc2)C(C)(C)C)[C@H](C)C/C=C/COC(C)=O)cc1. The van der Waals surface area contributed by atoms with Gasteiger partial charge >= 0.3 is 5.97 Å². The number of ether oxygens (including phenoxy) is 3. The van der Waals surface area contributed by atoms with Gasteiger partial charge in [-0.15, -0.1) is 0 Å². The molecule has 0 heterocycles. The van der Waals surface area contributed by atoms with Crippen LogP contribution >= 0.6 is 0 Å². The summed E-state index contributed by atoms with van der Waals surface area (Å²) in [6.07, 6.45) is 4.57. The molecule has 0 aliphatic rings. The standard InChI is InChI=1S/C34H44O5Si/c1-27(15-13-14-24-37-28(2)35)33(38-25-29-20-22-30(36-6)23-21-29)26-39-40(34(3,4)5,31-16-9-7-10-17-31)32-18-11-8-12-19-32/h7-14,16-23,27,33H,15,24-26H2,1-6H3/b14-13+/t27-,33+/m1/s1. The molecule has 0 spiro atoms. The fraction of sp³-hybridized carbons (Fsp3) is 0.382.